The average Bonchev–Trinajstić information content (AvgIpc) is 3.28. The molecule has 3 fully saturated rings. The maximum Gasteiger partial charge on any atom is 0.312 e. The zero-order chi connectivity index (χ0) is 23.0. The molecule has 0 radical (unpaired) electrons. The van der Waals surface area contributed by atoms with Gasteiger partial charge < -0.3 is 24.8 Å². The maximum atomic E-state index is 13.7. The van der Waals surface area contributed by atoms with Crippen molar-refractivity contribution in [2.45, 2.75) is 95.9 Å². The van der Waals surface area contributed by atoms with E-state index in [1.165, 1.54) is 0 Å². The second kappa shape index (κ2) is 8.70. The smallest absolute Gasteiger partial charge is 0.312 e. The molecule has 3 heterocycles. The number of hydrogen-bond donors (Lipinski definition) is 2. The van der Waals surface area contributed by atoms with Crippen LogP contribution in [0.2, 0.25) is 0 Å². The van der Waals surface area contributed by atoms with Crippen molar-refractivity contribution < 1.29 is 29.0 Å². The molecule has 3 aliphatic rings. The molecule has 8 nitrogen and oxygen atoms in total. The Morgan fingerprint density at radius 1 is 1.23 bits per heavy atom. The highest BCUT2D eigenvalue weighted by molar-refractivity contribution is 5.98. The Morgan fingerprint density at radius 2 is 1.94 bits per heavy atom. The zero-order valence-electron chi connectivity index (χ0n) is 19.5. The predicted molar refractivity (Wildman–Crippen MR) is 114 cm³/mol. The Balaban J connectivity index is 1.99. The summed E-state index contributed by atoms with van der Waals surface area (Å²) >= 11 is 0. The number of nitrogens with one attached hydrogen (secondary N) is 1. The van der Waals surface area contributed by atoms with E-state index in [-0.39, 0.29) is 25.0 Å². The van der Waals surface area contributed by atoms with E-state index in [1.54, 1.807) is 11.8 Å². The second-order valence-corrected chi connectivity index (χ2v) is 10.1. The molecule has 1 spiro atoms. The van der Waals surface area contributed by atoms with Gasteiger partial charge in [-0.1, -0.05) is 6.92 Å². The highest BCUT2D eigenvalue weighted by atomic mass is 16.6. The molecule has 0 saturated carbocycles. The topological polar surface area (TPSA) is 105 Å². The number of carbonyl (C=O) groups is 3. The molecule has 8 heteroatoms. The molecule has 2 unspecified atom stereocenters. The lowest BCUT2D eigenvalue weighted by Crippen LogP contribution is -2.58. The minimum Gasteiger partial charge on any atom is -0.466 e. The summed E-state index contributed by atoms with van der Waals surface area (Å²) in [4.78, 5) is 41.8. The molecule has 2 amide bonds. The van der Waals surface area contributed by atoms with Crippen molar-refractivity contribution in [3.8, 4) is 0 Å². The molecule has 3 rings (SSSR count). The summed E-state index contributed by atoms with van der Waals surface area (Å²) in [5.74, 6) is -2.21. The Kier molecular flexibility index (Phi) is 6.73. The van der Waals surface area contributed by atoms with E-state index in [0.29, 0.717) is 38.6 Å². The molecular formula is C23H38N2O6. The first-order valence-electron chi connectivity index (χ1n) is 11.7. The lowest BCUT2D eigenvalue weighted by molar-refractivity contribution is -0.160. The molecule has 0 aromatic carbocycles. The summed E-state index contributed by atoms with van der Waals surface area (Å²) in [6.07, 6.45) is 3.88. The minimum atomic E-state index is -1.00. The number of amides is 2. The Labute approximate surface area is 185 Å². The third-order valence-corrected chi connectivity index (χ3v) is 7.03. The van der Waals surface area contributed by atoms with Gasteiger partial charge in [0.05, 0.1) is 18.1 Å². The highest BCUT2D eigenvalue weighted by Gasteiger charge is 2.79. The van der Waals surface area contributed by atoms with Crippen LogP contribution in [0.3, 0.4) is 0 Å². The summed E-state index contributed by atoms with van der Waals surface area (Å²) in [5, 5.41) is 12.1. The molecule has 0 aromatic heterocycles. The van der Waals surface area contributed by atoms with Gasteiger partial charge in [0.2, 0.25) is 11.8 Å². The molecule has 176 valence electrons. The van der Waals surface area contributed by atoms with Crippen LogP contribution in [0, 0.1) is 11.8 Å². The van der Waals surface area contributed by atoms with Crippen LogP contribution in [0.15, 0.2) is 0 Å². The van der Waals surface area contributed by atoms with Crippen LogP contribution in [0.1, 0.15) is 73.1 Å². The first-order valence-corrected chi connectivity index (χ1v) is 11.7. The summed E-state index contributed by atoms with van der Waals surface area (Å²) in [5.41, 5.74) is -2.22. The fourth-order valence-corrected chi connectivity index (χ4v) is 5.86. The number of rotatable bonds is 9. The van der Waals surface area contributed by atoms with Crippen molar-refractivity contribution in [1.29, 1.82) is 0 Å². The Morgan fingerprint density at radius 3 is 2.52 bits per heavy atom. The fraction of sp³-hybridized carbons (Fsp3) is 0.870. The van der Waals surface area contributed by atoms with Gasteiger partial charge >= 0.3 is 5.97 Å². The lowest BCUT2D eigenvalue weighted by atomic mass is 9.65. The predicted octanol–water partition coefficient (Wildman–Crippen LogP) is 1.78. The van der Waals surface area contributed by atoms with Crippen LogP contribution in [-0.2, 0) is 23.9 Å². The van der Waals surface area contributed by atoms with E-state index < -0.39 is 40.6 Å². The summed E-state index contributed by atoms with van der Waals surface area (Å²) < 4.78 is 12.0. The molecule has 3 aliphatic heterocycles. The number of likely N-dealkylation sites (tertiary alicyclic amines) is 1. The molecule has 5 atom stereocenters. The minimum absolute atomic E-state index is 0.0987. The van der Waals surface area contributed by atoms with Crippen molar-refractivity contribution in [3.63, 3.8) is 0 Å². The largest absolute Gasteiger partial charge is 0.466 e. The van der Waals surface area contributed by atoms with E-state index in [0.717, 1.165) is 6.42 Å². The number of esters is 1. The quantitative estimate of drug-likeness (QED) is 0.420. The number of unbranched alkanes of at least 4 members (excludes halogenated alkanes) is 2. The van der Waals surface area contributed by atoms with Gasteiger partial charge in [0.15, 0.2) is 0 Å². The zero-order valence-corrected chi connectivity index (χ0v) is 19.5. The van der Waals surface area contributed by atoms with Crippen LogP contribution in [0.4, 0.5) is 0 Å². The molecule has 2 N–H and O–H groups in total. The van der Waals surface area contributed by atoms with Crippen molar-refractivity contribution in [3.05, 3.63) is 0 Å². The summed E-state index contributed by atoms with van der Waals surface area (Å²) in [6.45, 7) is 10.2. The van der Waals surface area contributed by atoms with Gasteiger partial charge in [-0.15, -0.1) is 0 Å². The number of aliphatic hydroxyl groups excluding tert-OH is 1. The van der Waals surface area contributed by atoms with Crippen LogP contribution in [0.5, 0.6) is 0 Å². The van der Waals surface area contributed by atoms with Gasteiger partial charge in [-0.25, -0.2) is 0 Å². The van der Waals surface area contributed by atoms with E-state index >= 15 is 0 Å². The molecule has 3 saturated heterocycles. The number of ether oxygens (including phenoxy) is 2. The Hall–Kier alpha value is -1.67. The van der Waals surface area contributed by atoms with Crippen molar-refractivity contribution >= 4 is 17.8 Å². The molecule has 2 bridgehead atoms. The van der Waals surface area contributed by atoms with Crippen molar-refractivity contribution in [2.75, 3.05) is 19.8 Å². The first-order chi connectivity index (χ1) is 14.6. The SMILES string of the molecule is CCOC(=O)[C@@H]1[C@H]2C(=O)N(CCCCCO)C(C(=O)NC(C)(C)C)C23CC[C@@]1(CC)O3. The molecule has 0 aliphatic carbocycles. The maximum absolute atomic E-state index is 13.7. The summed E-state index contributed by atoms with van der Waals surface area (Å²) in [7, 11) is 0. The van der Waals surface area contributed by atoms with Crippen LogP contribution in [-0.4, -0.2) is 70.3 Å². The van der Waals surface area contributed by atoms with Gasteiger partial charge in [0.25, 0.3) is 0 Å². The van der Waals surface area contributed by atoms with Gasteiger partial charge in [0.1, 0.15) is 17.6 Å². The molecule has 31 heavy (non-hydrogen) atoms. The van der Waals surface area contributed by atoms with Gasteiger partial charge in [-0.05, 0) is 66.2 Å². The van der Waals surface area contributed by atoms with Gasteiger partial charge in [-0.2, -0.15) is 0 Å². The van der Waals surface area contributed by atoms with E-state index in [1.807, 2.05) is 27.7 Å². The second-order valence-electron chi connectivity index (χ2n) is 10.1. The molecular weight excluding hydrogens is 400 g/mol. The summed E-state index contributed by atoms with van der Waals surface area (Å²) in [6, 6.07) is -0.772. The van der Waals surface area contributed by atoms with Crippen molar-refractivity contribution in [1.82, 2.24) is 10.2 Å². The molecule has 0 aromatic rings. The van der Waals surface area contributed by atoms with Crippen LogP contribution in [0.25, 0.3) is 0 Å². The van der Waals surface area contributed by atoms with Crippen molar-refractivity contribution in [2.24, 2.45) is 11.8 Å². The van der Waals surface area contributed by atoms with E-state index in [4.69, 9.17) is 14.6 Å². The van der Waals surface area contributed by atoms with Gasteiger partial charge in [0, 0.05) is 18.7 Å². The third-order valence-electron chi connectivity index (χ3n) is 7.03. The fourth-order valence-electron chi connectivity index (χ4n) is 5.86. The van der Waals surface area contributed by atoms with Crippen LogP contribution >= 0.6 is 0 Å². The number of nitrogens with zero attached hydrogens (tertiary/aromatic N) is 1. The number of hydrogen-bond acceptors (Lipinski definition) is 6. The van der Waals surface area contributed by atoms with Crippen LogP contribution < -0.4 is 5.32 Å². The third kappa shape index (κ3) is 3.97. The number of aliphatic hydroxyl groups is 1. The number of carbonyl (C=O) groups excluding carboxylic acids is 3. The van der Waals surface area contributed by atoms with E-state index in [9.17, 15) is 14.4 Å². The highest BCUT2D eigenvalue weighted by Crippen LogP contribution is 2.64. The Bertz CT molecular complexity index is 719. The average molecular weight is 439 g/mol. The van der Waals surface area contributed by atoms with Gasteiger partial charge in [-0.3, -0.25) is 14.4 Å². The standard InChI is InChI=1S/C23H38N2O6/c1-6-22-11-12-23(31-22)15(16(22)20(29)30-7-2)19(28)25(13-9-8-10-14-26)17(23)18(27)24-21(3,4)5/h15-17,26H,6-14H2,1-5H3,(H,24,27)/t15-,16-,17?,22+,23?/m0/s1. The monoisotopic (exact) mass is 438 g/mol. The number of fused-ring (bicyclic) bond motifs is 1. The lowest BCUT2D eigenvalue weighted by Gasteiger charge is -2.35. The normalized spacial score (nSPS) is 34.2. The van der Waals surface area contributed by atoms with E-state index in [2.05, 4.69) is 5.32 Å². The first kappa shape index (κ1) is 24.0.